The summed E-state index contributed by atoms with van der Waals surface area (Å²) in [5, 5.41) is 3.30. The van der Waals surface area contributed by atoms with Crippen molar-refractivity contribution in [3.05, 3.63) is 33.8 Å². The zero-order chi connectivity index (χ0) is 11.8. The number of nitrogens with one attached hydrogen (secondary N) is 2. The quantitative estimate of drug-likeness (QED) is 0.760. The van der Waals surface area contributed by atoms with Crippen LogP contribution in [0.4, 0.5) is 0 Å². The number of furan rings is 1. The average Bonchev–Trinajstić information content (AvgIpc) is 2.75. The molecule has 2 aromatic heterocycles. The number of nitrogens with zero attached hydrogens (tertiary/aromatic N) is 1. The summed E-state index contributed by atoms with van der Waals surface area (Å²) in [6, 6.07) is 1.93. The van der Waals surface area contributed by atoms with Crippen LogP contribution >= 0.6 is 12.2 Å². The third kappa shape index (κ3) is 1.81. The molecule has 2 N–H and O–H groups in total. The molecule has 0 spiro atoms. The molecule has 0 fully saturated rings. The van der Waals surface area contributed by atoms with Gasteiger partial charge in [0.05, 0.1) is 6.26 Å². The molecule has 0 saturated heterocycles. The van der Waals surface area contributed by atoms with Crippen LogP contribution < -0.4 is 5.32 Å². The average molecular weight is 247 g/mol. The Hall–Kier alpha value is -1.46. The minimum absolute atomic E-state index is 0.664. The Morgan fingerprint density at radius 1 is 1.47 bits per heavy atom. The van der Waals surface area contributed by atoms with Crippen molar-refractivity contribution >= 4 is 12.2 Å². The Bertz CT molecular complexity index is 614. The Kier molecular flexibility index (Phi) is 2.57. The molecular formula is C12H13N3OS. The molecule has 3 rings (SSSR count). The smallest absolute Gasteiger partial charge is 0.175 e. The van der Waals surface area contributed by atoms with Gasteiger partial charge in [0.15, 0.2) is 11.6 Å². The first-order valence-electron chi connectivity index (χ1n) is 5.63. The van der Waals surface area contributed by atoms with Crippen LogP contribution in [0.15, 0.2) is 16.7 Å². The van der Waals surface area contributed by atoms with Crippen molar-refractivity contribution in [1.29, 1.82) is 0 Å². The Morgan fingerprint density at radius 2 is 2.35 bits per heavy atom. The van der Waals surface area contributed by atoms with Crippen molar-refractivity contribution in [3.8, 4) is 11.6 Å². The van der Waals surface area contributed by atoms with Gasteiger partial charge in [-0.15, -0.1) is 0 Å². The summed E-state index contributed by atoms with van der Waals surface area (Å²) in [6.07, 6.45) is 2.62. The lowest BCUT2D eigenvalue weighted by Crippen LogP contribution is -2.25. The zero-order valence-electron chi connectivity index (χ0n) is 9.54. The van der Waals surface area contributed by atoms with E-state index in [0.29, 0.717) is 4.64 Å². The van der Waals surface area contributed by atoms with E-state index in [0.717, 1.165) is 42.2 Å². The Morgan fingerprint density at radius 3 is 3.12 bits per heavy atom. The lowest BCUT2D eigenvalue weighted by Gasteiger charge is -2.17. The number of H-pyrrole nitrogens is 1. The molecule has 0 unspecified atom stereocenters. The molecule has 0 bridgehead atoms. The van der Waals surface area contributed by atoms with Crippen molar-refractivity contribution in [2.45, 2.75) is 19.9 Å². The van der Waals surface area contributed by atoms with Gasteiger partial charge in [-0.05, 0) is 18.6 Å². The number of rotatable bonds is 1. The van der Waals surface area contributed by atoms with E-state index in [-0.39, 0.29) is 0 Å². The second-order valence-corrected chi connectivity index (χ2v) is 4.59. The topological polar surface area (TPSA) is 53.9 Å². The van der Waals surface area contributed by atoms with E-state index in [1.54, 1.807) is 6.26 Å². The predicted molar refractivity (Wildman–Crippen MR) is 67.3 cm³/mol. The third-order valence-corrected chi connectivity index (χ3v) is 3.37. The lowest BCUT2D eigenvalue weighted by atomic mass is 10.1. The molecule has 0 aromatic carbocycles. The first kappa shape index (κ1) is 10.7. The predicted octanol–water partition coefficient (Wildman–Crippen LogP) is 2.35. The van der Waals surface area contributed by atoms with Crippen molar-refractivity contribution in [2.24, 2.45) is 0 Å². The standard InChI is InChI=1S/C12H13N3OS/c1-7-3-5-16-10(7)11-14-9-2-4-13-6-8(9)12(17)15-11/h3,5,13H,2,4,6H2,1H3,(H,14,15,17). The van der Waals surface area contributed by atoms with Gasteiger partial charge in [-0.25, -0.2) is 4.98 Å². The van der Waals surface area contributed by atoms with Crippen molar-refractivity contribution in [3.63, 3.8) is 0 Å². The maximum atomic E-state index is 5.44. The van der Waals surface area contributed by atoms with Gasteiger partial charge in [0.1, 0.15) is 4.64 Å². The highest BCUT2D eigenvalue weighted by atomic mass is 32.1. The maximum Gasteiger partial charge on any atom is 0.175 e. The van der Waals surface area contributed by atoms with Crippen molar-refractivity contribution in [2.75, 3.05) is 6.54 Å². The SMILES string of the molecule is Cc1ccoc1-c1nc(=S)c2c([nH]1)CCNC2. The minimum atomic E-state index is 0.664. The monoisotopic (exact) mass is 247 g/mol. The largest absolute Gasteiger partial charge is 0.461 e. The molecule has 5 heteroatoms. The molecule has 2 aromatic rings. The molecule has 0 amide bonds. The molecule has 3 heterocycles. The lowest BCUT2D eigenvalue weighted by molar-refractivity contribution is 0.571. The highest BCUT2D eigenvalue weighted by Crippen LogP contribution is 2.23. The molecule has 0 atom stereocenters. The molecule has 1 aliphatic heterocycles. The summed E-state index contributed by atoms with van der Waals surface area (Å²) in [6.45, 7) is 3.77. The number of aromatic nitrogens is 2. The van der Waals surface area contributed by atoms with Gasteiger partial charge in [-0.2, -0.15) is 0 Å². The molecule has 0 radical (unpaired) electrons. The number of aryl methyl sites for hydroxylation is 1. The van der Waals surface area contributed by atoms with Crippen molar-refractivity contribution in [1.82, 2.24) is 15.3 Å². The first-order valence-corrected chi connectivity index (χ1v) is 6.04. The number of fused-ring (bicyclic) bond motifs is 1. The molecule has 0 saturated carbocycles. The van der Waals surface area contributed by atoms with E-state index in [1.165, 1.54) is 5.69 Å². The van der Waals surface area contributed by atoms with Gasteiger partial charge in [-0.3, -0.25) is 0 Å². The van der Waals surface area contributed by atoms with Crippen LogP contribution in [0.3, 0.4) is 0 Å². The maximum absolute atomic E-state index is 5.44. The molecule has 1 aliphatic rings. The van der Waals surface area contributed by atoms with E-state index < -0.39 is 0 Å². The van der Waals surface area contributed by atoms with Gasteiger partial charge in [0, 0.05) is 30.8 Å². The fraction of sp³-hybridized carbons (Fsp3) is 0.333. The summed E-state index contributed by atoms with van der Waals surface area (Å²) in [5.41, 5.74) is 3.35. The summed E-state index contributed by atoms with van der Waals surface area (Å²) in [4.78, 5) is 7.75. The van der Waals surface area contributed by atoms with E-state index in [2.05, 4.69) is 15.3 Å². The van der Waals surface area contributed by atoms with Crippen molar-refractivity contribution < 1.29 is 4.42 Å². The highest BCUT2D eigenvalue weighted by Gasteiger charge is 2.15. The van der Waals surface area contributed by atoms with Crippen LogP contribution in [0.25, 0.3) is 11.6 Å². The Labute approximate surface area is 104 Å². The molecule has 0 aliphatic carbocycles. The van der Waals surface area contributed by atoms with E-state index in [9.17, 15) is 0 Å². The van der Waals surface area contributed by atoms with Crippen LogP contribution in [0.2, 0.25) is 0 Å². The van der Waals surface area contributed by atoms with Gasteiger partial charge in [0.2, 0.25) is 0 Å². The van der Waals surface area contributed by atoms with Gasteiger partial charge in [-0.1, -0.05) is 12.2 Å². The van der Waals surface area contributed by atoms with Crippen LogP contribution in [-0.4, -0.2) is 16.5 Å². The Balaban J connectivity index is 2.17. The van der Waals surface area contributed by atoms with E-state index in [1.807, 2.05) is 13.0 Å². The third-order valence-electron chi connectivity index (χ3n) is 3.04. The number of hydrogen-bond donors (Lipinski definition) is 2. The summed E-state index contributed by atoms with van der Waals surface area (Å²) in [7, 11) is 0. The zero-order valence-corrected chi connectivity index (χ0v) is 10.4. The normalized spacial score (nSPS) is 14.6. The van der Waals surface area contributed by atoms with E-state index in [4.69, 9.17) is 16.6 Å². The second-order valence-electron chi connectivity index (χ2n) is 4.21. The van der Waals surface area contributed by atoms with E-state index >= 15 is 0 Å². The summed E-state index contributed by atoms with van der Waals surface area (Å²) < 4.78 is 6.10. The highest BCUT2D eigenvalue weighted by molar-refractivity contribution is 7.71. The molecular weight excluding hydrogens is 234 g/mol. The molecule has 17 heavy (non-hydrogen) atoms. The van der Waals surface area contributed by atoms with Crippen LogP contribution in [0, 0.1) is 11.6 Å². The van der Waals surface area contributed by atoms with Crippen LogP contribution in [-0.2, 0) is 13.0 Å². The first-order chi connectivity index (χ1) is 8.25. The van der Waals surface area contributed by atoms with Crippen LogP contribution in [0.1, 0.15) is 16.8 Å². The fourth-order valence-electron chi connectivity index (χ4n) is 2.09. The molecule has 88 valence electrons. The summed E-state index contributed by atoms with van der Waals surface area (Å²) in [5.74, 6) is 1.51. The minimum Gasteiger partial charge on any atom is -0.461 e. The molecule has 4 nitrogen and oxygen atoms in total. The fourth-order valence-corrected chi connectivity index (χ4v) is 2.38. The van der Waals surface area contributed by atoms with Gasteiger partial charge >= 0.3 is 0 Å². The van der Waals surface area contributed by atoms with Crippen LogP contribution in [0.5, 0.6) is 0 Å². The van der Waals surface area contributed by atoms with Gasteiger partial charge < -0.3 is 14.7 Å². The van der Waals surface area contributed by atoms with Gasteiger partial charge in [0.25, 0.3) is 0 Å². The number of aromatic amines is 1. The number of hydrogen-bond acceptors (Lipinski definition) is 4. The second kappa shape index (κ2) is 4.09. The summed E-state index contributed by atoms with van der Waals surface area (Å²) >= 11 is 5.33.